The minimum atomic E-state index is -1.10. The molecule has 6 nitrogen and oxygen atoms in total. The van der Waals surface area contributed by atoms with E-state index in [9.17, 15) is 9.90 Å². The maximum absolute atomic E-state index is 12.5. The molecule has 0 bridgehead atoms. The van der Waals surface area contributed by atoms with Crippen LogP contribution in [0, 0.1) is 0 Å². The van der Waals surface area contributed by atoms with Crippen molar-refractivity contribution in [3.8, 4) is 5.75 Å². The molecule has 1 saturated heterocycles. The van der Waals surface area contributed by atoms with Crippen LogP contribution in [0.5, 0.6) is 5.75 Å². The Labute approximate surface area is 145 Å². The minimum Gasteiger partial charge on any atom is -0.490 e. The molecule has 1 N–H and O–H groups in total. The summed E-state index contributed by atoms with van der Waals surface area (Å²) in [5, 5.41) is 18.9. The molecule has 1 aromatic heterocycles. The van der Waals surface area contributed by atoms with E-state index in [0.717, 1.165) is 0 Å². The number of nitrogens with zero attached hydrogens (tertiary/aromatic N) is 3. The molecule has 0 saturated carbocycles. The molecule has 1 aliphatic heterocycles. The van der Waals surface area contributed by atoms with E-state index in [-0.39, 0.29) is 24.8 Å². The van der Waals surface area contributed by atoms with Gasteiger partial charge in [-0.05, 0) is 43.2 Å². The number of aromatic nitrogens is 2. The molecule has 1 atom stereocenters. The number of benzene rings is 1. The molecule has 2 aromatic rings. The third-order valence-electron chi connectivity index (χ3n) is 3.94. The summed E-state index contributed by atoms with van der Waals surface area (Å²) < 4.78 is 5.66. The normalized spacial score (nSPS) is 20.7. The molecule has 3 rings (SSSR count). The standard InChI is InChI=1S/C17H18ClN3O3/c18-13-4-1-5-14(10-13)24-12-17(23)7-3-9-21(11-17)16(22)15-6-2-8-19-20-15/h1-2,4-6,8,10,23H,3,7,9,11-12H2. The van der Waals surface area contributed by atoms with Crippen LogP contribution in [0.1, 0.15) is 23.3 Å². The van der Waals surface area contributed by atoms with Gasteiger partial charge in [-0.2, -0.15) is 5.10 Å². The van der Waals surface area contributed by atoms with E-state index in [1.54, 1.807) is 41.3 Å². The van der Waals surface area contributed by atoms with Crippen LogP contribution in [0.25, 0.3) is 0 Å². The number of piperidine rings is 1. The van der Waals surface area contributed by atoms with E-state index >= 15 is 0 Å². The number of rotatable bonds is 4. The van der Waals surface area contributed by atoms with Crippen molar-refractivity contribution >= 4 is 17.5 Å². The van der Waals surface area contributed by atoms with Crippen molar-refractivity contribution in [2.75, 3.05) is 19.7 Å². The van der Waals surface area contributed by atoms with Crippen molar-refractivity contribution < 1.29 is 14.6 Å². The van der Waals surface area contributed by atoms with Crippen LogP contribution >= 0.6 is 11.6 Å². The molecule has 24 heavy (non-hydrogen) atoms. The molecule has 1 aromatic carbocycles. The summed E-state index contributed by atoms with van der Waals surface area (Å²) in [5.74, 6) is 0.359. The lowest BCUT2D eigenvalue weighted by Gasteiger charge is -2.38. The van der Waals surface area contributed by atoms with Crippen LogP contribution in [0.15, 0.2) is 42.6 Å². The average molecular weight is 348 g/mol. The van der Waals surface area contributed by atoms with Gasteiger partial charge in [0.1, 0.15) is 18.0 Å². The number of hydrogen-bond donors (Lipinski definition) is 1. The maximum Gasteiger partial charge on any atom is 0.274 e. The van der Waals surface area contributed by atoms with Crippen LogP contribution in [0.4, 0.5) is 0 Å². The summed E-state index contributed by atoms with van der Waals surface area (Å²) in [7, 11) is 0. The van der Waals surface area contributed by atoms with Gasteiger partial charge in [-0.15, -0.1) is 5.10 Å². The highest BCUT2D eigenvalue weighted by Crippen LogP contribution is 2.25. The Morgan fingerprint density at radius 3 is 3.00 bits per heavy atom. The average Bonchev–Trinajstić information content (AvgIpc) is 2.60. The third-order valence-corrected chi connectivity index (χ3v) is 4.17. The number of carbonyl (C=O) groups is 1. The topological polar surface area (TPSA) is 75.6 Å². The highest BCUT2D eigenvalue weighted by Gasteiger charge is 2.36. The smallest absolute Gasteiger partial charge is 0.274 e. The number of β-amino-alcohol motifs (C(OH)–C–C–N with tert-alkyl or cyclic N) is 1. The first-order chi connectivity index (χ1) is 11.6. The number of aliphatic hydroxyl groups is 1. The second kappa shape index (κ2) is 7.15. The van der Waals surface area contributed by atoms with Crippen LogP contribution in [-0.2, 0) is 0 Å². The van der Waals surface area contributed by atoms with Crippen LogP contribution in [-0.4, -0.2) is 51.4 Å². The van der Waals surface area contributed by atoms with Crippen molar-refractivity contribution in [1.82, 2.24) is 15.1 Å². The molecule has 1 amide bonds. The van der Waals surface area contributed by atoms with E-state index in [4.69, 9.17) is 16.3 Å². The molecule has 1 aliphatic rings. The van der Waals surface area contributed by atoms with E-state index in [1.807, 2.05) is 0 Å². The fraction of sp³-hybridized carbons (Fsp3) is 0.353. The second-order valence-electron chi connectivity index (χ2n) is 5.91. The van der Waals surface area contributed by atoms with Crippen LogP contribution in [0.3, 0.4) is 0 Å². The zero-order valence-corrected chi connectivity index (χ0v) is 13.8. The van der Waals surface area contributed by atoms with Crippen molar-refractivity contribution in [3.63, 3.8) is 0 Å². The zero-order valence-electron chi connectivity index (χ0n) is 13.1. The Hall–Kier alpha value is -2.18. The number of hydrogen-bond acceptors (Lipinski definition) is 5. The van der Waals surface area contributed by atoms with Gasteiger partial charge in [-0.1, -0.05) is 17.7 Å². The number of amides is 1. The molecule has 0 radical (unpaired) electrons. The van der Waals surface area contributed by atoms with Gasteiger partial charge >= 0.3 is 0 Å². The predicted octanol–water partition coefficient (Wildman–Crippen LogP) is 2.18. The van der Waals surface area contributed by atoms with Gasteiger partial charge in [0.25, 0.3) is 5.91 Å². The Bertz CT molecular complexity index is 713. The number of likely N-dealkylation sites (tertiary alicyclic amines) is 1. The van der Waals surface area contributed by atoms with Crippen molar-refractivity contribution in [1.29, 1.82) is 0 Å². The van der Waals surface area contributed by atoms with Gasteiger partial charge in [0.15, 0.2) is 5.69 Å². The number of ether oxygens (including phenoxy) is 1. The lowest BCUT2D eigenvalue weighted by atomic mass is 9.93. The number of carbonyl (C=O) groups excluding carboxylic acids is 1. The summed E-state index contributed by atoms with van der Waals surface area (Å²) in [6.45, 7) is 0.870. The lowest BCUT2D eigenvalue weighted by molar-refractivity contribution is -0.0533. The van der Waals surface area contributed by atoms with Gasteiger partial charge < -0.3 is 14.7 Å². The van der Waals surface area contributed by atoms with E-state index in [1.165, 1.54) is 6.20 Å². The van der Waals surface area contributed by atoms with Crippen molar-refractivity contribution in [3.05, 3.63) is 53.3 Å². The molecule has 0 aliphatic carbocycles. The zero-order chi connectivity index (χ0) is 17.0. The summed E-state index contributed by atoms with van der Waals surface area (Å²) in [4.78, 5) is 14.1. The Balaban J connectivity index is 1.64. The Morgan fingerprint density at radius 1 is 1.38 bits per heavy atom. The summed E-state index contributed by atoms with van der Waals surface area (Å²) in [6.07, 6.45) is 2.78. The van der Waals surface area contributed by atoms with Gasteiger partial charge in [0.2, 0.25) is 0 Å². The van der Waals surface area contributed by atoms with Crippen molar-refractivity contribution in [2.45, 2.75) is 18.4 Å². The molecular weight excluding hydrogens is 330 g/mol. The fourth-order valence-corrected chi connectivity index (χ4v) is 2.94. The molecule has 1 unspecified atom stereocenters. The highest BCUT2D eigenvalue weighted by molar-refractivity contribution is 6.30. The highest BCUT2D eigenvalue weighted by atomic mass is 35.5. The largest absolute Gasteiger partial charge is 0.490 e. The maximum atomic E-state index is 12.5. The van der Waals surface area contributed by atoms with Crippen LogP contribution in [0.2, 0.25) is 5.02 Å². The molecular formula is C17H18ClN3O3. The van der Waals surface area contributed by atoms with Gasteiger partial charge in [-0.25, -0.2) is 0 Å². The summed E-state index contributed by atoms with van der Waals surface area (Å²) >= 11 is 5.93. The van der Waals surface area contributed by atoms with Gasteiger partial charge in [0.05, 0.1) is 6.54 Å². The lowest BCUT2D eigenvalue weighted by Crippen LogP contribution is -2.53. The van der Waals surface area contributed by atoms with E-state index in [2.05, 4.69) is 10.2 Å². The van der Waals surface area contributed by atoms with Crippen molar-refractivity contribution in [2.24, 2.45) is 0 Å². The summed E-state index contributed by atoms with van der Waals surface area (Å²) in [5.41, 5.74) is -0.823. The first-order valence-electron chi connectivity index (χ1n) is 7.73. The Morgan fingerprint density at radius 2 is 2.25 bits per heavy atom. The van der Waals surface area contributed by atoms with Gasteiger partial charge in [0, 0.05) is 17.8 Å². The molecule has 1 fully saturated rings. The monoisotopic (exact) mass is 347 g/mol. The predicted molar refractivity (Wildman–Crippen MR) is 89.1 cm³/mol. The molecule has 0 spiro atoms. The van der Waals surface area contributed by atoms with E-state index in [0.29, 0.717) is 30.2 Å². The fourth-order valence-electron chi connectivity index (χ4n) is 2.76. The van der Waals surface area contributed by atoms with Crippen LogP contribution < -0.4 is 4.74 Å². The molecule has 7 heteroatoms. The number of halogens is 1. The first-order valence-corrected chi connectivity index (χ1v) is 8.11. The minimum absolute atomic E-state index is 0.0948. The third kappa shape index (κ3) is 4.01. The molecule has 126 valence electrons. The quantitative estimate of drug-likeness (QED) is 0.917. The van der Waals surface area contributed by atoms with E-state index < -0.39 is 5.60 Å². The Kier molecular flexibility index (Phi) is 4.97. The van der Waals surface area contributed by atoms with Gasteiger partial charge in [-0.3, -0.25) is 4.79 Å². The second-order valence-corrected chi connectivity index (χ2v) is 6.35. The molecule has 2 heterocycles. The summed E-state index contributed by atoms with van der Waals surface area (Å²) in [6, 6.07) is 10.3. The SMILES string of the molecule is O=C(c1cccnn1)N1CCCC(O)(COc2cccc(Cl)c2)C1. The first kappa shape index (κ1) is 16.7.